The molecule has 25 heavy (non-hydrogen) atoms. The molecule has 0 spiro atoms. The van der Waals surface area contributed by atoms with E-state index in [1.54, 1.807) is 4.90 Å². The Morgan fingerprint density at radius 2 is 1.80 bits per heavy atom. The number of methoxy groups -OCH3 is 2. The zero-order valence-corrected chi connectivity index (χ0v) is 14.8. The number of amides is 2. The lowest BCUT2D eigenvalue weighted by Crippen LogP contribution is -2.44. The van der Waals surface area contributed by atoms with Gasteiger partial charge in [-0.2, -0.15) is 0 Å². The summed E-state index contributed by atoms with van der Waals surface area (Å²) in [5, 5.41) is 2.82. The van der Waals surface area contributed by atoms with Crippen LogP contribution in [0.1, 0.15) is 18.4 Å². The minimum Gasteiger partial charge on any atom is -0.445 e. The maximum Gasteiger partial charge on any atom is 0.410 e. The van der Waals surface area contributed by atoms with Crippen LogP contribution in [0.4, 0.5) is 4.79 Å². The van der Waals surface area contributed by atoms with Gasteiger partial charge in [0.1, 0.15) is 6.61 Å². The summed E-state index contributed by atoms with van der Waals surface area (Å²) >= 11 is 0. The van der Waals surface area contributed by atoms with Crippen LogP contribution in [-0.4, -0.2) is 57.0 Å². The monoisotopic (exact) mass is 350 g/mol. The molecule has 1 aliphatic rings. The highest BCUT2D eigenvalue weighted by Crippen LogP contribution is 2.18. The number of likely N-dealkylation sites (tertiary alicyclic amines) is 1. The summed E-state index contributed by atoms with van der Waals surface area (Å²) in [6.07, 6.45) is 0.465. The Morgan fingerprint density at radius 1 is 1.16 bits per heavy atom. The number of carbonyl (C=O) groups excluding carboxylic acids is 2. The lowest BCUT2D eigenvalue weighted by molar-refractivity contribution is -0.132. The number of hydrogen-bond acceptors (Lipinski definition) is 5. The van der Waals surface area contributed by atoms with Crippen molar-refractivity contribution < 1.29 is 23.8 Å². The van der Waals surface area contributed by atoms with Gasteiger partial charge < -0.3 is 24.4 Å². The van der Waals surface area contributed by atoms with Gasteiger partial charge in [-0.1, -0.05) is 30.3 Å². The molecule has 0 bridgehead atoms. The van der Waals surface area contributed by atoms with Crippen LogP contribution in [0.2, 0.25) is 0 Å². The number of benzene rings is 1. The van der Waals surface area contributed by atoms with E-state index in [2.05, 4.69) is 5.32 Å². The quantitative estimate of drug-likeness (QED) is 0.759. The topological polar surface area (TPSA) is 77.1 Å². The van der Waals surface area contributed by atoms with Crippen LogP contribution in [0.5, 0.6) is 0 Å². The van der Waals surface area contributed by atoms with E-state index in [4.69, 9.17) is 14.2 Å². The van der Waals surface area contributed by atoms with E-state index in [0.29, 0.717) is 32.5 Å². The van der Waals surface area contributed by atoms with E-state index < -0.39 is 6.29 Å². The fraction of sp³-hybridized carbons (Fsp3) is 0.556. The number of rotatable bonds is 7. The van der Waals surface area contributed by atoms with E-state index in [0.717, 1.165) is 5.56 Å². The molecule has 7 nitrogen and oxygen atoms in total. The van der Waals surface area contributed by atoms with Gasteiger partial charge in [-0.25, -0.2) is 4.79 Å². The zero-order valence-electron chi connectivity index (χ0n) is 14.8. The highest BCUT2D eigenvalue weighted by molar-refractivity contribution is 5.79. The van der Waals surface area contributed by atoms with Crippen molar-refractivity contribution in [3.63, 3.8) is 0 Å². The second kappa shape index (κ2) is 10.0. The third-order valence-corrected chi connectivity index (χ3v) is 4.30. The molecule has 0 unspecified atom stereocenters. The van der Waals surface area contributed by atoms with E-state index in [9.17, 15) is 9.59 Å². The van der Waals surface area contributed by atoms with Gasteiger partial charge in [0.25, 0.3) is 0 Å². The third kappa shape index (κ3) is 6.03. The molecule has 2 rings (SSSR count). The van der Waals surface area contributed by atoms with Crippen molar-refractivity contribution >= 4 is 12.0 Å². The lowest BCUT2D eigenvalue weighted by atomic mass is 9.96. The first kappa shape index (κ1) is 19.2. The van der Waals surface area contributed by atoms with E-state index in [1.807, 2.05) is 30.3 Å². The van der Waals surface area contributed by atoms with Crippen molar-refractivity contribution in [3.8, 4) is 0 Å². The summed E-state index contributed by atoms with van der Waals surface area (Å²) in [5.41, 5.74) is 0.955. The van der Waals surface area contributed by atoms with E-state index in [-0.39, 0.29) is 24.5 Å². The molecule has 0 aliphatic carbocycles. The van der Waals surface area contributed by atoms with Crippen molar-refractivity contribution in [2.45, 2.75) is 25.7 Å². The number of ether oxygens (including phenoxy) is 3. The first-order chi connectivity index (χ1) is 12.1. The molecule has 2 amide bonds. The van der Waals surface area contributed by atoms with Crippen molar-refractivity contribution in [2.75, 3.05) is 33.9 Å². The molecule has 0 radical (unpaired) electrons. The second-order valence-corrected chi connectivity index (χ2v) is 5.95. The smallest absolute Gasteiger partial charge is 0.410 e. The average molecular weight is 350 g/mol. The Hall–Kier alpha value is -2.12. The van der Waals surface area contributed by atoms with Crippen LogP contribution < -0.4 is 5.32 Å². The summed E-state index contributed by atoms with van der Waals surface area (Å²) in [6.45, 7) is 1.61. The molecule has 0 saturated carbocycles. The summed E-state index contributed by atoms with van der Waals surface area (Å²) in [4.78, 5) is 25.9. The molecular formula is C18H26N2O5. The minimum atomic E-state index is -0.447. The molecule has 0 atom stereocenters. The van der Waals surface area contributed by atoms with E-state index >= 15 is 0 Å². The Balaban J connectivity index is 1.69. The molecule has 1 aromatic rings. The van der Waals surface area contributed by atoms with Crippen LogP contribution in [0, 0.1) is 5.92 Å². The molecular weight excluding hydrogens is 324 g/mol. The van der Waals surface area contributed by atoms with Gasteiger partial charge >= 0.3 is 6.09 Å². The maximum atomic E-state index is 12.2. The number of nitrogens with zero attached hydrogens (tertiary/aromatic N) is 1. The molecule has 138 valence electrons. The molecule has 0 aromatic heterocycles. The Bertz CT molecular complexity index is 540. The summed E-state index contributed by atoms with van der Waals surface area (Å²) < 4.78 is 15.4. The lowest BCUT2D eigenvalue weighted by Gasteiger charge is -2.30. The molecule has 7 heteroatoms. The highest BCUT2D eigenvalue weighted by Gasteiger charge is 2.28. The number of piperidine rings is 1. The van der Waals surface area contributed by atoms with Crippen molar-refractivity contribution in [1.29, 1.82) is 0 Å². The predicted octanol–water partition coefficient (Wildman–Crippen LogP) is 1.77. The zero-order chi connectivity index (χ0) is 18.1. The third-order valence-electron chi connectivity index (χ3n) is 4.30. The number of carbonyl (C=O) groups is 2. The highest BCUT2D eigenvalue weighted by atomic mass is 16.7. The standard InChI is InChI=1S/C18H26N2O5/c1-23-16(24-2)12-19-17(21)15-8-10-20(11-9-15)18(22)25-13-14-6-4-3-5-7-14/h3-7,15-16H,8-13H2,1-2H3,(H,19,21). The van der Waals surface area contributed by atoms with Gasteiger partial charge in [0.2, 0.25) is 5.91 Å². The second-order valence-electron chi connectivity index (χ2n) is 5.95. The van der Waals surface area contributed by atoms with Crippen LogP contribution in [-0.2, 0) is 25.6 Å². The van der Waals surface area contributed by atoms with Gasteiger partial charge in [0, 0.05) is 33.2 Å². The molecule has 1 fully saturated rings. The summed E-state index contributed by atoms with van der Waals surface area (Å²) in [6, 6.07) is 9.56. The van der Waals surface area contributed by atoms with E-state index in [1.165, 1.54) is 14.2 Å². The Morgan fingerprint density at radius 3 is 2.40 bits per heavy atom. The average Bonchev–Trinajstić information content (AvgIpc) is 2.67. The predicted molar refractivity (Wildman–Crippen MR) is 91.7 cm³/mol. The van der Waals surface area contributed by atoms with Crippen LogP contribution >= 0.6 is 0 Å². The fourth-order valence-electron chi connectivity index (χ4n) is 2.73. The first-order valence-electron chi connectivity index (χ1n) is 8.43. The largest absolute Gasteiger partial charge is 0.445 e. The van der Waals surface area contributed by atoms with Gasteiger partial charge in [-0.05, 0) is 18.4 Å². The SMILES string of the molecule is COC(CNC(=O)C1CCN(C(=O)OCc2ccccc2)CC1)OC. The molecule has 1 N–H and O–H groups in total. The molecule has 1 aliphatic heterocycles. The van der Waals surface area contributed by atoms with Gasteiger partial charge in [-0.15, -0.1) is 0 Å². The molecule has 1 saturated heterocycles. The van der Waals surface area contributed by atoms with Crippen LogP contribution in [0.3, 0.4) is 0 Å². The Kier molecular flexibility index (Phi) is 7.69. The summed E-state index contributed by atoms with van der Waals surface area (Å²) in [7, 11) is 3.06. The van der Waals surface area contributed by atoms with Gasteiger partial charge in [0.15, 0.2) is 6.29 Å². The van der Waals surface area contributed by atoms with Crippen molar-refractivity contribution in [1.82, 2.24) is 10.2 Å². The van der Waals surface area contributed by atoms with Crippen molar-refractivity contribution in [2.24, 2.45) is 5.92 Å². The minimum absolute atomic E-state index is 0.0311. The number of nitrogens with one attached hydrogen (secondary N) is 1. The summed E-state index contributed by atoms with van der Waals surface area (Å²) in [5.74, 6) is -0.135. The van der Waals surface area contributed by atoms with Crippen molar-refractivity contribution in [3.05, 3.63) is 35.9 Å². The van der Waals surface area contributed by atoms with Crippen LogP contribution in [0.25, 0.3) is 0 Å². The molecule has 1 aromatic carbocycles. The first-order valence-corrected chi connectivity index (χ1v) is 8.43. The van der Waals surface area contributed by atoms with Crippen LogP contribution in [0.15, 0.2) is 30.3 Å². The molecule has 1 heterocycles. The Labute approximate surface area is 148 Å². The fourth-order valence-corrected chi connectivity index (χ4v) is 2.73. The van der Waals surface area contributed by atoms with Gasteiger partial charge in [-0.3, -0.25) is 4.79 Å². The number of hydrogen-bond donors (Lipinski definition) is 1. The normalized spacial score (nSPS) is 15.2. The van der Waals surface area contributed by atoms with Gasteiger partial charge in [0.05, 0.1) is 6.54 Å². The maximum absolute atomic E-state index is 12.2.